The monoisotopic (exact) mass is 391 g/mol. The van der Waals surface area contributed by atoms with Crippen LogP contribution in [0.2, 0.25) is 0 Å². The highest BCUT2D eigenvalue weighted by Crippen LogP contribution is 2.25. The Morgan fingerprint density at radius 2 is 2.00 bits per heavy atom. The first-order valence-corrected chi connectivity index (χ1v) is 9.95. The molecule has 1 fully saturated rings. The molecule has 2 aromatic heterocycles. The third-order valence-corrected chi connectivity index (χ3v) is 5.39. The van der Waals surface area contributed by atoms with E-state index >= 15 is 0 Å². The van der Waals surface area contributed by atoms with Gasteiger partial charge in [-0.15, -0.1) is 0 Å². The summed E-state index contributed by atoms with van der Waals surface area (Å²) in [7, 11) is 0. The van der Waals surface area contributed by atoms with Crippen LogP contribution in [0.5, 0.6) is 0 Å². The molecule has 1 aliphatic heterocycles. The van der Waals surface area contributed by atoms with Gasteiger partial charge in [0.1, 0.15) is 5.69 Å². The first-order chi connectivity index (χ1) is 14.1. The van der Waals surface area contributed by atoms with E-state index in [1.807, 2.05) is 25.3 Å². The molecule has 3 heterocycles. The van der Waals surface area contributed by atoms with Crippen molar-refractivity contribution in [3.8, 4) is 11.5 Å². The van der Waals surface area contributed by atoms with E-state index in [4.69, 9.17) is 5.11 Å². The predicted octanol–water partition coefficient (Wildman–Crippen LogP) is 3.33. The molecule has 4 rings (SSSR count). The summed E-state index contributed by atoms with van der Waals surface area (Å²) in [6.07, 6.45) is 8.46. The SMILES string of the molecule is Cc1cnc(-c2nccnc2CC2CCCN(Cc3ccc(C(=O)O)cc3)C2)[nH]1. The second kappa shape index (κ2) is 8.53. The summed E-state index contributed by atoms with van der Waals surface area (Å²) in [6.45, 7) is 4.87. The number of aryl methyl sites for hydroxylation is 1. The van der Waals surface area contributed by atoms with Crippen LogP contribution in [-0.2, 0) is 13.0 Å². The van der Waals surface area contributed by atoms with Crippen molar-refractivity contribution in [2.45, 2.75) is 32.7 Å². The van der Waals surface area contributed by atoms with Crippen molar-refractivity contribution in [1.82, 2.24) is 24.8 Å². The number of carbonyl (C=O) groups is 1. The summed E-state index contributed by atoms with van der Waals surface area (Å²) >= 11 is 0. The molecule has 0 aliphatic carbocycles. The first-order valence-electron chi connectivity index (χ1n) is 9.95. The van der Waals surface area contributed by atoms with Crippen molar-refractivity contribution in [2.75, 3.05) is 13.1 Å². The summed E-state index contributed by atoms with van der Waals surface area (Å²) in [5.74, 6) is 0.395. The van der Waals surface area contributed by atoms with Crippen LogP contribution in [0.25, 0.3) is 11.5 Å². The Morgan fingerprint density at radius 3 is 2.72 bits per heavy atom. The lowest BCUT2D eigenvalue weighted by Crippen LogP contribution is -2.36. The van der Waals surface area contributed by atoms with Crippen molar-refractivity contribution in [2.24, 2.45) is 5.92 Å². The molecule has 0 radical (unpaired) electrons. The van der Waals surface area contributed by atoms with Crippen LogP contribution >= 0.6 is 0 Å². The number of nitrogens with one attached hydrogen (secondary N) is 1. The van der Waals surface area contributed by atoms with E-state index in [1.54, 1.807) is 24.5 Å². The molecule has 1 atom stereocenters. The molecule has 1 unspecified atom stereocenters. The number of carboxylic acid groups (broad SMARTS) is 1. The number of imidazole rings is 1. The molecular formula is C22H25N5O2. The van der Waals surface area contributed by atoms with E-state index in [9.17, 15) is 4.79 Å². The number of benzene rings is 1. The van der Waals surface area contributed by atoms with Crippen molar-refractivity contribution in [3.05, 3.63) is 65.4 Å². The van der Waals surface area contributed by atoms with E-state index in [0.717, 1.165) is 60.9 Å². The Hall–Kier alpha value is -3.06. The van der Waals surface area contributed by atoms with Gasteiger partial charge in [0.2, 0.25) is 0 Å². The number of nitrogens with zero attached hydrogens (tertiary/aromatic N) is 4. The van der Waals surface area contributed by atoms with Crippen molar-refractivity contribution >= 4 is 5.97 Å². The molecule has 1 aliphatic rings. The van der Waals surface area contributed by atoms with Crippen molar-refractivity contribution < 1.29 is 9.90 Å². The molecule has 0 spiro atoms. The Labute approximate surface area is 169 Å². The van der Waals surface area contributed by atoms with Gasteiger partial charge in [0.15, 0.2) is 5.82 Å². The zero-order chi connectivity index (χ0) is 20.2. The number of rotatable bonds is 6. The Bertz CT molecular complexity index is 983. The smallest absolute Gasteiger partial charge is 0.335 e. The van der Waals surface area contributed by atoms with Gasteiger partial charge in [-0.3, -0.25) is 9.88 Å². The number of piperidine rings is 1. The zero-order valence-corrected chi connectivity index (χ0v) is 16.5. The van der Waals surface area contributed by atoms with E-state index in [-0.39, 0.29) is 0 Å². The van der Waals surface area contributed by atoms with Gasteiger partial charge in [-0.25, -0.2) is 14.8 Å². The molecule has 0 amide bonds. The van der Waals surface area contributed by atoms with E-state index in [0.29, 0.717) is 11.5 Å². The summed E-state index contributed by atoms with van der Waals surface area (Å²) in [6, 6.07) is 7.17. The van der Waals surface area contributed by atoms with Crippen LogP contribution in [0, 0.1) is 12.8 Å². The molecule has 3 aromatic rings. The quantitative estimate of drug-likeness (QED) is 0.669. The standard InChI is InChI=1S/C22H25N5O2/c1-15-12-25-21(26-15)20-19(23-8-9-24-20)11-17-3-2-10-27(14-17)13-16-4-6-18(7-5-16)22(28)29/h4-9,12,17H,2-3,10-11,13-14H2,1H3,(H,25,26)(H,28,29). The number of aromatic carboxylic acids is 1. The van der Waals surface area contributed by atoms with Gasteiger partial charge in [-0.05, 0) is 56.3 Å². The lowest BCUT2D eigenvalue weighted by molar-refractivity contribution is 0.0697. The van der Waals surface area contributed by atoms with Crippen LogP contribution in [0.3, 0.4) is 0 Å². The average molecular weight is 391 g/mol. The van der Waals surface area contributed by atoms with Gasteiger partial charge >= 0.3 is 5.97 Å². The van der Waals surface area contributed by atoms with Crippen molar-refractivity contribution in [1.29, 1.82) is 0 Å². The summed E-state index contributed by atoms with van der Waals surface area (Å²) < 4.78 is 0. The minimum absolute atomic E-state index is 0.327. The molecule has 0 saturated carbocycles. The molecule has 150 valence electrons. The molecule has 1 saturated heterocycles. The highest BCUT2D eigenvalue weighted by Gasteiger charge is 2.23. The molecule has 1 aromatic carbocycles. The molecular weight excluding hydrogens is 366 g/mol. The lowest BCUT2D eigenvalue weighted by atomic mass is 9.92. The van der Waals surface area contributed by atoms with Gasteiger partial charge in [-0.2, -0.15) is 0 Å². The fourth-order valence-electron chi connectivity index (χ4n) is 3.99. The maximum absolute atomic E-state index is 11.0. The predicted molar refractivity (Wildman–Crippen MR) is 109 cm³/mol. The summed E-state index contributed by atoms with van der Waals surface area (Å²) in [5, 5.41) is 9.05. The minimum Gasteiger partial charge on any atom is -0.478 e. The van der Waals surface area contributed by atoms with Crippen LogP contribution in [0.4, 0.5) is 0 Å². The van der Waals surface area contributed by atoms with Crippen molar-refractivity contribution in [3.63, 3.8) is 0 Å². The summed E-state index contributed by atoms with van der Waals surface area (Å²) in [4.78, 5) is 30.3. The minimum atomic E-state index is -0.888. The van der Waals surface area contributed by atoms with E-state index in [2.05, 4.69) is 24.8 Å². The second-order valence-corrected chi connectivity index (χ2v) is 7.72. The van der Waals surface area contributed by atoms with Gasteiger partial charge in [0.05, 0.1) is 11.3 Å². The van der Waals surface area contributed by atoms with Crippen LogP contribution in [-0.4, -0.2) is 49.0 Å². The molecule has 0 bridgehead atoms. The highest BCUT2D eigenvalue weighted by atomic mass is 16.4. The zero-order valence-electron chi connectivity index (χ0n) is 16.5. The molecule has 29 heavy (non-hydrogen) atoms. The Balaban J connectivity index is 1.42. The average Bonchev–Trinajstić information content (AvgIpc) is 3.15. The molecule has 7 heteroatoms. The third-order valence-electron chi connectivity index (χ3n) is 5.39. The number of aromatic nitrogens is 4. The van der Waals surface area contributed by atoms with Gasteiger partial charge in [0, 0.05) is 37.4 Å². The third kappa shape index (κ3) is 4.68. The topological polar surface area (TPSA) is 95.0 Å². The highest BCUT2D eigenvalue weighted by molar-refractivity contribution is 5.87. The lowest BCUT2D eigenvalue weighted by Gasteiger charge is -2.32. The largest absolute Gasteiger partial charge is 0.478 e. The Kier molecular flexibility index (Phi) is 5.67. The Morgan fingerprint density at radius 1 is 1.21 bits per heavy atom. The maximum atomic E-state index is 11.0. The second-order valence-electron chi connectivity index (χ2n) is 7.72. The van der Waals surface area contributed by atoms with Gasteiger partial charge in [0.25, 0.3) is 0 Å². The molecule has 7 nitrogen and oxygen atoms in total. The van der Waals surface area contributed by atoms with Crippen LogP contribution in [0.15, 0.2) is 42.9 Å². The van der Waals surface area contributed by atoms with E-state index in [1.165, 1.54) is 6.42 Å². The maximum Gasteiger partial charge on any atom is 0.335 e. The first kappa shape index (κ1) is 19.3. The number of aromatic amines is 1. The number of carboxylic acids is 1. The number of hydrogen-bond donors (Lipinski definition) is 2. The fourth-order valence-corrected chi connectivity index (χ4v) is 3.99. The number of hydrogen-bond acceptors (Lipinski definition) is 5. The normalized spacial score (nSPS) is 17.3. The van der Waals surface area contributed by atoms with Crippen LogP contribution in [0.1, 0.15) is 40.2 Å². The van der Waals surface area contributed by atoms with Crippen LogP contribution < -0.4 is 0 Å². The number of H-pyrrole nitrogens is 1. The fraction of sp³-hybridized carbons (Fsp3) is 0.364. The summed E-state index contributed by atoms with van der Waals surface area (Å²) in [5.41, 5.74) is 4.30. The van der Waals surface area contributed by atoms with Gasteiger partial charge in [-0.1, -0.05) is 12.1 Å². The number of likely N-dealkylation sites (tertiary alicyclic amines) is 1. The van der Waals surface area contributed by atoms with Gasteiger partial charge < -0.3 is 10.1 Å². The van der Waals surface area contributed by atoms with E-state index < -0.39 is 5.97 Å². The molecule has 2 N–H and O–H groups in total.